The average molecular weight is 128 g/mol. The first-order valence-corrected chi connectivity index (χ1v) is 3.59. The molecule has 0 amide bonds. The van der Waals surface area contributed by atoms with E-state index in [0.29, 0.717) is 0 Å². The summed E-state index contributed by atoms with van der Waals surface area (Å²) >= 11 is 0. The molecular formula is C7H16N2. The van der Waals surface area contributed by atoms with Crippen molar-refractivity contribution in [1.29, 1.82) is 0 Å². The molecule has 0 aromatic heterocycles. The standard InChI is InChI=1S/C7H13N.H3N/c1-8-7-3-2-5-4-6(5)7;/h5-8H,2-4H2,1H3;1H3. The van der Waals surface area contributed by atoms with E-state index in [-0.39, 0.29) is 6.15 Å². The Morgan fingerprint density at radius 2 is 2.11 bits per heavy atom. The van der Waals surface area contributed by atoms with E-state index in [1.165, 1.54) is 19.3 Å². The highest BCUT2D eigenvalue weighted by atomic mass is 14.9. The van der Waals surface area contributed by atoms with Crippen molar-refractivity contribution in [2.24, 2.45) is 11.8 Å². The summed E-state index contributed by atoms with van der Waals surface area (Å²) in [7, 11) is 2.09. The molecule has 0 heterocycles. The summed E-state index contributed by atoms with van der Waals surface area (Å²) < 4.78 is 0. The quantitative estimate of drug-likeness (QED) is 0.556. The zero-order chi connectivity index (χ0) is 5.56. The molecule has 0 spiro atoms. The maximum Gasteiger partial charge on any atom is 0.00951 e. The van der Waals surface area contributed by atoms with Crippen LogP contribution in [-0.4, -0.2) is 13.1 Å². The van der Waals surface area contributed by atoms with E-state index >= 15 is 0 Å². The predicted molar refractivity (Wildman–Crippen MR) is 38.7 cm³/mol. The van der Waals surface area contributed by atoms with E-state index in [0.717, 1.165) is 17.9 Å². The van der Waals surface area contributed by atoms with Gasteiger partial charge in [0.2, 0.25) is 0 Å². The third-order valence-electron chi connectivity index (χ3n) is 2.71. The van der Waals surface area contributed by atoms with Crippen molar-refractivity contribution < 1.29 is 0 Å². The van der Waals surface area contributed by atoms with Crippen LogP contribution in [0, 0.1) is 11.8 Å². The maximum atomic E-state index is 3.36. The van der Waals surface area contributed by atoms with Gasteiger partial charge in [0.15, 0.2) is 0 Å². The zero-order valence-corrected chi connectivity index (χ0v) is 6.06. The Bertz CT molecular complexity index is 103. The summed E-state index contributed by atoms with van der Waals surface area (Å²) in [6.07, 6.45) is 4.45. The first-order chi connectivity index (χ1) is 3.92. The smallest absolute Gasteiger partial charge is 0.00951 e. The van der Waals surface area contributed by atoms with E-state index in [2.05, 4.69) is 12.4 Å². The first kappa shape index (κ1) is 7.03. The van der Waals surface area contributed by atoms with Gasteiger partial charge in [-0.2, -0.15) is 0 Å². The van der Waals surface area contributed by atoms with E-state index in [4.69, 9.17) is 0 Å². The molecule has 2 saturated carbocycles. The number of fused-ring (bicyclic) bond motifs is 1. The fourth-order valence-corrected chi connectivity index (χ4v) is 2.06. The second-order valence-corrected chi connectivity index (χ2v) is 3.13. The van der Waals surface area contributed by atoms with Crippen LogP contribution in [0.3, 0.4) is 0 Å². The molecular weight excluding hydrogens is 112 g/mol. The second-order valence-electron chi connectivity index (χ2n) is 3.13. The van der Waals surface area contributed by atoms with Gasteiger partial charge in [0.25, 0.3) is 0 Å². The lowest BCUT2D eigenvalue weighted by Gasteiger charge is -2.07. The normalized spacial score (nSPS) is 45.7. The van der Waals surface area contributed by atoms with Gasteiger partial charge in [0, 0.05) is 6.04 Å². The number of hydrogen-bond acceptors (Lipinski definition) is 2. The van der Waals surface area contributed by atoms with Crippen LogP contribution in [0.4, 0.5) is 0 Å². The fourth-order valence-electron chi connectivity index (χ4n) is 2.06. The van der Waals surface area contributed by atoms with Gasteiger partial charge in [-0.1, -0.05) is 0 Å². The van der Waals surface area contributed by atoms with Gasteiger partial charge in [0.1, 0.15) is 0 Å². The van der Waals surface area contributed by atoms with Crippen molar-refractivity contribution in [2.45, 2.75) is 25.3 Å². The summed E-state index contributed by atoms with van der Waals surface area (Å²) in [6.45, 7) is 0. The van der Waals surface area contributed by atoms with Crippen molar-refractivity contribution in [1.82, 2.24) is 11.5 Å². The topological polar surface area (TPSA) is 47.0 Å². The Morgan fingerprint density at radius 3 is 2.33 bits per heavy atom. The minimum Gasteiger partial charge on any atom is -0.344 e. The number of hydrogen-bond donors (Lipinski definition) is 2. The van der Waals surface area contributed by atoms with Crippen LogP contribution in [-0.2, 0) is 0 Å². The minimum atomic E-state index is 0. The molecule has 4 N–H and O–H groups in total. The molecule has 2 fully saturated rings. The van der Waals surface area contributed by atoms with Crippen LogP contribution in [0.5, 0.6) is 0 Å². The highest BCUT2D eigenvalue weighted by Crippen LogP contribution is 2.51. The summed E-state index contributed by atoms with van der Waals surface area (Å²) in [6, 6.07) is 0.889. The van der Waals surface area contributed by atoms with Crippen LogP contribution < -0.4 is 11.5 Å². The van der Waals surface area contributed by atoms with Gasteiger partial charge >= 0.3 is 0 Å². The molecule has 0 saturated heterocycles. The van der Waals surface area contributed by atoms with Crippen LogP contribution in [0.2, 0.25) is 0 Å². The van der Waals surface area contributed by atoms with Gasteiger partial charge in [-0.05, 0) is 38.1 Å². The van der Waals surface area contributed by atoms with Crippen molar-refractivity contribution in [3.63, 3.8) is 0 Å². The molecule has 2 heteroatoms. The Balaban J connectivity index is 0.000000405. The van der Waals surface area contributed by atoms with E-state index in [1.54, 1.807) is 0 Å². The number of nitrogens with one attached hydrogen (secondary N) is 1. The van der Waals surface area contributed by atoms with E-state index in [1.807, 2.05) is 0 Å². The molecule has 2 nitrogen and oxygen atoms in total. The monoisotopic (exact) mass is 128 g/mol. The second kappa shape index (κ2) is 2.27. The highest BCUT2D eigenvalue weighted by Gasteiger charge is 2.47. The van der Waals surface area contributed by atoms with Crippen LogP contribution >= 0.6 is 0 Å². The van der Waals surface area contributed by atoms with Crippen molar-refractivity contribution in [3.8, 4) is 0 Å². The third-order valence-corrected chi connectivity index (χ3v) is 2.71. The van der Waals surface area contributed by atoms with Gasteiger partial charge in [-0.3, -0.25) is 0 Å². The predicted octanol–water partition coefficient (Wildman–Crippen LogP) is 1.17. The average Bonchev–Trinajstić information content (AvgIpc) is 2.46. The summed E-state index contributed by atoms with van der Waals surface area (Å²) in [5, 5.41) is 3.36. The molecule has 9 heavy (non-hydrogen) atoms. The summed E-state index contributed by atoms with van der Waals surface area (Å²) in [5.41, 5.74) is 0. The SMILES string of the molecule is CNC1CCC2CC21.N. The Kier molecular flexibility index (Phi) is 1.78. The zero-order valence-electron chi connectivity index (χ0n) is 6.06. The third kappa shape index (κ3) is 0.970. The summed E-state index contributed by atoms with van der Waals surface area (Å²) in [4.78, 5) is 0. The largest absolute Gasteiger partial charge is 0.344 e. The minimum absolute atomic E-state index is 0. The Morgan fingerprint density at radius 1 is 1.33 bits per heavy atom. The molecule has 54 valence electrons. The van der Waals surface area contributed by atoms with Gasteiger partial charge in [-0.25, -0.2) is 0 Å². The van der Waals surface area contributed by atoms with Crippen LogP contribution in [0.15, 0.2) is 0 Å². The Labute approximate surface area is 56.6 Å². The molecule has 0 bridgehead atoms. The molecule has 2 aliphatic rings. The fraction of sp³-hybridized carbons (Fsp3) is 1.00. The van der Waals surface area contributed by atoms with Crippen molar-refractivity contribution >= 4 is 0 Å². The van der Waals surface area contributed by atoms with E-state index in [9.17, 15) is 0 Å². The highest BCUT2D eigenvalue weighted by molar-refractivity contribution is 5.00. The van der Waals surface area contributed by atoms with Gasteiger partial charge in [0.05, 0.1) is 0 Å². The lowest BCUT2D eigenvalue weighted by atomic mass is 10.2. The Hall–Kier alpha value is -0.0800. The lowest BCUT2D eigenvalue weighted by molar-refractivity contribution is 0.519. The van der Waals surface area contributed by atoms with Crippen molar-refractivity contribution in [2.75, 3.05) is 7.05 Å². The molecule has 0 radical (unpaired) electrons. The number of rotatable bonds is 1. The molecule has 2 aliphatic carbocycles. The van der Waals surface area contributed by atoms with E-state index < -0.39 is 0 Å². The molecule has 0 aliphatic heterocycles. The molecule has 3 atom stereocenters. The van der Waals surface area contributed by atoms with Gasteiger partial charge < -0.3 is 11.5 Å². The molecule has 3 unspecified atom stereocenters. The molecule has 2 rings (SSSR count). The summed E-state index contributed by atoms with van der Waals surface area (Å²) in [5.74, 6) is 2.22. The first-order valence-electron chi connectivity index (χ1n) is 3.59. The van der Waals surface area contributed by atoms with Crippen LogP contribution in [0.25, 0.3) is 0 Å². The lowest BCUT2D eigenvalue weighted by Crippen LogP contribution is -2.24. The molecule has 0 aromatic carbocycles. The molecule has 0 aromatic rings. The van der Waals surface area contributed by atoms with Crippen molar-refractivity contribution in [3.05, 3.63) is 0 Å². The van der Waals surface area contributed by atoms with Gasteiger partial charge in [-0.15, -0.1) is 0 Å². The maximum absolute atomic E-state index is 3.36. The van der Waals surface area contributed by atoms with Crippen LogP contribution in [0.1, 0.15) is 19.3 Å².